The monoisotopic (exact) mass is 340 g/mol. The molecular weight excluding hydrogens is 312 g/mol. The molecule has 2 rings (SSSR count). The number of aryl methyl sites for hydroxylation is 2. The summed E-state index contributed by atoms with van der Waals surface area (Å²) in [4.78, 5) is 29.8. The van der Waals surface area contributed by atoms with Gasteiger partial charge in [0.05, 0.1) is 11.7 Å². The van der Waals surface area contributed by atoms with E-state index in [1.165, 1.54) is 12.5 Å². The normalized spacial score (nSPS) is 12.4. The van der Waals surface area contributed by atoms with Gasteiger partial charge in [-0.2, -0.15) is 0 Å². The number of aromatic nitrogens is 1. The van der Waals surface area contributed by atoms with Gasteiger partial charge >= 0.3 is 0 Å². The molecule has 0 fully saturated rings. The van der Waals surface area contributed by atoms with E-state index >= 15 is 0 Å². The molecule has 25 heavy (non-hydrogen) atoms. The lowest BCUT2D eigenvalue weighted by Gasteiger charge is -2.23. The van der Waals surface area contributed by atoms with Gasteiger partial charge in [-0.05, 0) is 65.3 Å². The van der Waals surface area contributed by atoms with E-state index in [1.54, 1.807) is 0 Å². The molecule has 0 radical (unpaired) electrons. The lowest BCUT2D eigenvalue weighted by atomic mass is 10.0. The number of carbonyl (C=O) groups is 2. The number of hydrogen-bond acceptors (Lipinski definition) is 3. The number of ketones is 2. The molecule has 0 saturated carbocycles. The average Bonchev–Trinajstić information content (AvgIpc) is 2.88. The second kappa shape index (κ2) is 8.26. The maximum absolute atomic E-state index is 12.8. The molecular formula is C21H28N2O2. The van der Waals surface area contributed by atoms with Crippen LogP contribution in [0.3, 0.4) is 0 Å². The highest BCUT2D eigenvalue weighted by Gasteiger charge is 2.25. The van der Waals surface area contributed by atoms with E-state index in [4.69, 9.17) is 0 Å². The molecule has 0 aliphatic carbocycles. The number of aromatic amines is 1. The smallest absolute Gasteiger partial charge is 0.196 e. The van der Waals surface area contributed by atoms with E-state index < -0.39 is 0 Å². The summed E-state index contributed by atoms with van der Waals surface area (Å²) in [6.45, 7) is 7.99. The topological polar surface area (TPSA) is 53.2 Å². The molecule has 0 amide bonds. The number of nitrogens with zero attached hydrogens (tertiary/aromatic N) is 1. The van der Waals surface area contributed by atoms with Crippen molar-refractivity contribution in [3.63, 3.8) is 0 Å². The fraction of sp³-hybridized carbons (Fsp3) is 0.429. The maximum Gasteiger partial charge on any atom is 0.196 e. The molecule has 1 N–H and O–H groups in total. The van der Waals surface area contributed by atoms with Crippen LogP contribution in [0.25, 0.3) is 0 Å². The fourth-order valence-electron chi connectivity index (χ4n) is 3.30. The van der Waals surface area contributed by atoms with E-state index in [0.717, 1.165) is 30.6 Å². The highest BCUT2D eigenvalue weighted by atomic mass is 16.1. The van der Waals surface area contributed by atoms with E-state index in [9.17, 15) is 9.59 Å². The van der Waals surface area contributed by atoms with Crippen molar-refractivity contribution in [3.8, 4) is 0 Å². The summed E-state index contributed by atoms with van der Waals surface area (Å²) in [5, 5.41) is 0. The first kappa shape index (κ1) is 19.1. The van der Waals surface area contributed by atoms with Gasteiger partial charge in [0.15, 0.2) is 11.6 Å². The molecule has 0 aliphatic rings. The molecule has 0 aliphatic heterocycles. The van der Waals surface area contributed by atoms with Crippen molar-refractivity contribution in [1.29, 1.82) is 0 Å². The number of likely N-dealkylation sites (N-methyl/N-ethyl adjacent to an activating group) is 1. The van der Waals surface area contributed by atoms with Crippen molar-refractivity contribution in [2.45, 2.75) is 46.6 Å². The van der Waals surface area contributed by atoms with Crippen LogP contribution < -0.4 is 0 Å². The van der Waals surface area contributed by atoms with E-state index in [0.29, 0.717) is 11.3 Å². The second-order valence-electron chi connectivity index (χ2n) is 6.79. The van der Waals surface area contributed by atoms with Crippen LogP contribution in [0.1, 0.15) is 57.9 Å². The lowest BCUT2D eigenvalue weighted by Crippen LogP contribution is -2.37. The first-order valence-corrected chi connectivity index (χ1v) is 8.81. The number of benzene rings is 1. The van der Waals surface area contributed by atoms with Gasteiger partial charge in [-0.25, -0.2) is 0 Å². The van der Waals surface area contributed by atoms with Crippen LogP contribution in [-0.2, 0) is 6.42 Å². The van der Waals surface area contributed by atoms with Crippen LogP contribution in [0.5, 0.6) is 0 Å². The maximum atomic E-state index is 12.8. The SMILES string of the molecule is CC(=O)c1c(C)[nH]c(C(=O)C(C)N(C)CCCc2ccccc2)c1C. The summed E-state index contributed by atoms with van der Waals surface area (Å²) < 4.78 is 0. The zero-order valence-electron chi connectivity index (χ0n) is 15.8. The Labute approximate surface area is 150 Å². The third kappa shape index (κ3) is 4.45. The highest BCUT2D eigenvalue weighted by molar-refractivity contribution is 6.05. The molecule has 0 saturated heterocycles. The molecule has 1 aromatic carbocycles. The predicted molar refractivity (Wildman–Crippen MR) is 101 cm³/mol. The Morgan fingerprint density at radius 1 is 1.16 bits per heavy atom. The summed E-state index contributed by atoms with van der Waals surface area (Å²) in [5.74, 6) is 0.0319. The quantitative estimate of drug-likeness (QED) is 0.740. The van der Waals surface area contributed by atoms with Gasteiger partial charge in [-0.3, -0.25) is 14.5 Å². The molecule has 2 aromatic rings. The number of nitrogens with one attached hydrogen (secondary N) is 1. The van der Waals surface area contributed by atoms with Crippen LogP contribution in [0.15, 0.2) is 30.3 Å². The first-order valence-electron chi connectivity index (χ1n) is 8.81. The largest absolute Gasteiger partial charge is 0.355 e. The number of Topliss-reactive ketones (excluding diaryl/α,β-unsaturated/α-hetero) is 2. The van der Waals surface area contributed by atoms with Gasteiger partial charge < -0.3 is 4.98 Å². The van der Waals surface area contributed by atoms with E-state index in [2.05, 4.69) is 22.0 Å². The van der Waals surface area contributed by atoms with Crippen LogP contribution in [0.4, 0.5) is 0 Å². The van der Waals surface area contributed by atoms with Gasteiger partial charge in [0.1, 0.15) is 0 Å². The van der Waals surface area contributed by atoms with Crippen LogP contribution >= 0.6 is 0 Å². The molecule has 134 valence electrons. The Kier molecular flexibility index (Phi) is 6.32. The van der Waals surface area contributed by atoms with Crippen molar-refractivity contribution in [3.05, 3.63) is 58.4 Å². The fourth-order valence-corrected chi connectivity index (χ4v) is 3.30. The van der Waals surface area contributed by atoms with E-state index in [1.807, 2.05) is 46.0 Å². The average molecular weight is 340 g/mol. The van der Waals surface area contributed by atoms with Crippen molar-refractivity contribution in [1.82, 2.24) is 9.88 Å². The number of hydrogen-bond donors (Lipinski definition) is 1. The highest BCUT2D eigenvalue weighted by Crippen LogP contribution is 2.20. The minimum Gasteiger partial charge on any atom is -0.355 e. The Balaban J connectivity index is 1.99. The zero-order valence-corrected chi connectivity index (χ0v) is 15.8. The Hall–Kier alpha value is -2.20. The third-order valence-corrected chi connectivity index (χ3v) is 4.90. The first-order chi connectivity index (χ1) is 11.8. The van der Waals surface area contributed by atoms with Gasteiger partial charge in [-0.1, -0.05) is 30.3 Å². The number of carbonyl (C=O) groups excluding carboxylic acids is 2. The minimum atomic E-state index is -0.229. The summed E-state index contributed by atoms with van der Waals surface area (Å²) in [5.41, 5.74) is 4.05. The standard InChI is InChI=1S/C21H28N2O2/c1-14-19(17(4)24)15(2)22-20(14)21(25)16(3)23(5)13-9-12-18-10-7-6-8-11-18/h6-8,10-11,16,22H,9,12-13H2,1-5H3. The molecule has 0 bridgehead atoms. The second-order valence-corrected chi connectivity index (χ2v) is 6.79. The molecule has 4 heteroatoms. The van der Waals surface area contributed by atoms with Crippen molar-refractivity contribution < 1.29 is 9.59 Å². The van der Waals surface area contributed by atoms with Crippen LogP contribution in [-0.4, -0.2) is 41.1 Å². The van der Waals surface area contributed by atoms with E-state index in [-0.39, 0.29) is 17.6 Å². The summed E-state index contributed by atoms with van der Waals surface area (Å²) in [6, 6.07) is 10.1. The summed E-state index contributed by atoms with van der Waals surface area (Å²) in [6.07, 6.45) is 2.00. The Morgan fingerprint density at radius 2 is 1.80 bits per heavy atom. The van der Waals surface area contributed by atoms with Gasteiger partial charge in [0.2, 0.25) is 0 Å². The molecule has 1 heterocycles. The summed E-state index contributed by atoms with van der Waals surface area (Å²) >= 11 is 0. The Bertz CT molecular complexity index is 747. The molecule has 0 spiro atoms. The van der Waals surface area contributed by atoms with Gasteiger partial charge in [0, 0.05) is 11.3 Å². The molecule has 1 unspecified atom stereocenters. The Morgan fingerprint density at radius 3 is 2.36 bits per heavy atom. The van der Waals surface area contributed by atoms with Crippen LogP contribution in [0.2, 0.25) is 0 Å². The third-order valence-electron chi connectivity index (χ3n) is 4.90. The van der Waals surface area contributed by atoms with Gasteiger partial charge in [0.25, 0.3) is 0 Å². The van der Waals surface area contributed by atoms with Crippen LogP contribution in [0, 0.1) is 13.8 Å². The van der Waals surface area contributed by atoms with Crippen molar-refractivity contribution >= 4 is 11.6 Å². The summed E-state index contributed by atoms with van der Waals surface area (Å²) in [7, 11) is 1.98. The lowest BCUT2D eigenvalue weighted by molar-refractivity contribution is 0.0862. The van der Waals surface area contributed by atoms with Crippen molar-refractivity contribution in [2.75, 3.05) is 13.6 Å². The molecule has 1 aromatic heterocycles. The molecule has 1 atom stereocenters. The van der Waals surface area contributed by atoms with Crippen molar-refractivity contribution in [2.24, 2.45) is 0 Å². The predicted octanol–water partition coefficient (Wildman–Crippen LogP) is 3.97. The number of rotatable bonds is 8. The van der Waals surface area contributed by atoms with Gasteiger partial charge in [-0.15, -0.1) is 0 Å². The minimum absolute atomic E-state index is 0.00540. The zero-order chi connectivity index (χ0) is 18.6. The number of H-pyrrole nitrogens is 1. The molecule has 4 nitrogen and oxygen atoms in total.